The highest BCUT2D eigenvalue weighted by Gasteiger charge is 2.21. The molecule has 29 heavy (non-hydrogen) atoms. The van der Waals surface area contributed by atoms with E-state index in [4.69, 9.17) is 0 Å². The van der Waals surface area contributed by atoms with Crippen molar-refractivity contribution in [3.63, 3.8) is 0 Å². The molecule has 3 heterocycles. The van der Waals surface area contributed by atoms with E-state index in [1.807, 2.05) is 23.1 Å². The summed E-state index contributed by atoms with van der Waals surface area (Å²) >= 11 is 0. The van der Waals surface area contributed by atoms with Crippen LogP contribution in [-0.2, 0) is 13.0 Å². The fourth-order valence-electron chi connectivity index (χ4n) is 4.67. The standard InChI is InChI=1S/C24H25N3O2/c28-23-21-10-14-27(16-19(21)9-11-25-23)22-6-4-5-17-15-18(7-8-20(17)22)24(29)26-12-2-1-3-13-26/h4-9,11,15H,1-3,10,12-14,16H2,(H,25,28). The zero-order chi connectivity index (χ0) is 19.8. The molecule has 1 saturated heterocycles. The van der Waals surface area contributed by atoms with Crippen LogP contribution in [0, 0.1) is 0 Å². The Hall–Kier alpha value is -3.08. The summed E-state index contributed by atoms with van der Waals surface area (Å²) in [6.07, 6.45) is 5.89. The van der Waals surface area contributed by atoms with E-state index in [2.05, 4.69) is 34.1 Å². The van der Waals surface area contributed by atoms with Crippen molar-refractivity contribution < 1.29 is 4.79 Å². The van der Waals surface area contributed by atoms with Gasteiger partial charge in [-0.3, -0.25) is 9.59 Å². The maximum absolute atomic E-state index is 12.9. The maximum atomic E-state index is 12.9. The van der Waals surface area contributed by atoms with Crippen LogP contribution in [0.1, 0.15) is 40.7 Å². The molecule has 2 aliphatic rings. The third-order valence-corrected chi connectivity index (χ3v) is 6.24. The molecular formula is C24H25N3O2. The van der Waals surface area contributed by atoms with Gasteiger partial charge in [-0.05, 0) is 60.9 Å². The molecule has 0 bridgehead atoms. The lowest BCUT2D eigenvalue weighted by Crippen LogP contribution is -2.35. The van der Waals surface area contributed by atoms with Gasteiger partial charge in [-0.2, -0.15) is 0 Å². The summed E-state index contributed by atoms with van der Waals surface area (Å²) in [6, 6.07) is 14.3. The summed E-state index contributed by atoms with van der Waals surface area (Å²) in [7, 11) is 0. The zero-order valence-corrected chi connectivity index (χ0v) is 16.5. The lowest BCUT2D eigenvalue weighted by atomic mass is 9.99. The summed E-state index contributed by atoms with van der Waals surface area (Å²) in [5.74, 6) is 0.142. The number of piperidine rings is 1. The molecule has 5 rings (SSSR count). The smallest absolute Gasteiger partial charge is 0.253 e. The van der Waals surface area contributed by atoms with Crippen LogP contribution in [0.4, 0.5) is 5.69 Å². The summed E-state index contributed by atoms with van der Waals surface area (Å²) in [5.41, 5.74) is 3.95. The quantitative estimate of drug-likeness (QED) is 0.729. The Morgan fingerprint density at radius 3 is 2.69 bits per heavy atom. The van der Waals surface area contributed by atoms with E-state index in [0.717, 1.165) is 78.6 Å². The fourth-order valence-corrected chi connectivity index (χ4v) is 4.67. The van der Waals surface area contributed by atoms with Gasteiger partial charge in [0.1, 0.15) is 0 Å². The highest BCUT2D eigenvalue weighted by atomic mass is 16.2. The molecule has 3 aromatic rings. The molecule has 0 atom stereocenters. The average Bonchev–Trinajstić information content (AvgIpc) is 2.78. The van der Waals surface area contributed by atoms with Gasteiger partial charge in [0.05, 0.1) is 0 Å². The lowest BCUT2D eigenvalue weighted by Gasteiger charge is -2.31. The van der Waals surface area contributed by atoms with Gasteiger partial charge in [0.2, 0.25) is 0 Å². The Labute approximate surface area is 170 Å². The van der Waals surface area contributed by atoms with Crippen molar-refractivity contribution in [1.82, 2.24) is 9.88 Å². The van der Waals surface area contributed by atoms with Gasteiger partial charge in [0.25, 0.3) is 11.5 Å². The van der Waals surface area contributed by atoms with Gasteiger partial charge in [-0.1, -0.05) is 18.2 Å². The molecule has 2 aliphatic heterocycles. The number of amides is 1. The number of likely N-dealkylation sites (tertiary alicyclic amines) is 1. The van der Waals surface area contributed by atoms with E-state index < -0.39 is 0 Å². The zero-order valence-electron chi connectivity index (χ0n) is 16.5. The molecule has 2 aromatic carbocycles. The van der Waals surface area contributed by atoms with Crippen molar-refractivity contribution in [3.8, 4) is 0 Å². The summed E-state index contributed by atoms with van der Waals surface area (Å²) in [4.78, 5) is 32.0. The first-order chi connectivity index (χ1) is 14.2. The largest absolute Gasteiger partial charge is 0.366 e. The van der Waals surface area contributed by atoms with E-state index in [9.17, 15) is 9.59 Å². The minimum Gasteiger partial charge on any atom is -0.366 e. The van der Waals surface area contributed by atoms with Gasteiger partial charge < -0.3 is 14.8 Å². The molecule has 5 nitrogen and oxygen atoms in total. The minimum absolute atomic E-state index is 0.0286. The molecule has 5 heteroatoms. The van der Waals surface area contributed by atoms with E-state index in [1.165, 1.54) is 6.42 Å². The van der Waals surface area contributed by atoms with Crippen molar-refractivity contribution in [2.45, 2.75) is 32.2 Å². The number of carbonyl (C=O) groups is 1. The molecular weight excluding hydrogens is 362 g/mol. The summed E-state index contributed by atoms with van der Waals surface area (Å²) in [6.45, 7) is 3.27. The summed E-state index contributed by atoms with van der Waals surface area (Å²) < 4.78 is 0. The average molecular weight is 387 g/mol. The molecule has 0 unspecified atom stereocenters. The van der Waals surface area contributed by atoms with E-state index >= 15 is 0 Å². The van der Waals surface area contributed by atoms with Gasteiger partial charge >= 0.3 is 0 Å². The van der Waals surface area contributed by atoms with E-state index in [1.54, 1.807) is 6.20 Å². The maximum Gasteiger partial charge on any atom is 0.253 e. The lowest BCUT2D eigenvalue weighted by molar-refractivity contribution is 0.0724. The highest BCUT2D eigenvalue weighted by Crippen LogP contribution is 2.31. The normalized spacial score (nSPS) is 16.7. The number of H-pyrrole nitrogens is 1. The number of aromatic nitrogens is 1. The van der Waals surface area contributed by atoms with Crippen LogP contribution in [0.5, 0.6) is 0 Å². The number of benzene rings is 2. The number of hydrogen-bond acceptors (Lipinski definition) is 3. The first-order valence-electron chi connectivity index (χ1n) is 10.5. The third kappa shape index (κ3) is 3.31. The molecule has 1 N–H and O–H groups in total. The Bertz CT molecular complexity index is 1130. The van der Waals surface area contributed by atoms with Gasteiger partial charge in [0.15, 0.2) is 0 Å². The number of nitrogens with one attached hydrogen (secondary N) is 1. The second-order valence-electron chi connectivity index (χ2n) is 8.05. The van der Waals surface area contributed by atoms with Gasteiger partial charge in [-0.25, -0.2) is 0 Å². The van der Waals surface area contributed by atoms with Crippen molar-refractivity contribution >= 4 is 22.4 Å². The Morgan fingerprint density at radius 1 is 0.966 bits per heavy atom. The number of rotatable bonds is 2. The minimum atomic E-state index is 0.0286. The number of hydrogen-bond donors (Lipinski definition) is 1. The van der Waals surface area contributed by atoms with Crippen LogP contribution in [0.3, 0.4) is 0 Å². The first-order valence-corrected chi connectivity index (χ1v) is 10.5. The number of aromatic amines is 1. The molecule has 0 radical (unpaired) electrons. The topological polar surface area (TPSA) is 56.4 Å². The molecule has 0 aliphatic carbocycles. The van der Waals surface area contributed by atoms with Gasteiger partial charge in [0, 0.05) is 54.6 Å². The SMILES string of the molecule is O=C(c1ccc2c(N3CCc4c(cc[nH]c4=O)C3)cccc2c1)N1CCCCC1. The van der Waals surface area contributed by atoms with Gasteiger partial charge in [-0.15, -0.1) is 0 Å². The summed E-state index contributed by atoms with van der Waals surface area (Å²) in [5, 5.41) is 2.23. The highest BCUT2D eigenvalue weighted by molar-refractivity contribution is 6.02. The molecule has 0 spiro atoms. The number of carbonyl (C=O) groups excluding carboxylic acids is 1. The monoisotopic (exact) mass is 387 g/mol. The fraction of sp³-hybridized carbons (Fsp3) is 0.333. The van der Waals surface area contributed by atoms with Crippen molar-refractivity contribution in [1.29, 1.82) is 0 Å². The van der Waals surface area contributed by atoms with Crippen LogP contribution in [0.25, 0.3) is 10.8 Å². The number of anilines is 1. The third-order valence-electron chi connectivity index (χ3n) is 6.24. The predicted octanol–water partition coefficient (Wildman–Crippen LogP) is 3.72. The van der Waals surface area contributed by atoms with Crippen LogP contribution in [-0.4, -0.2) is 35.4 Å². The van der Waals surface area contributed by atoms with E-state index in [-0.39, 0.29) is 11.5 Å². The second kappa shape index (κ2) is 7.39. The first kappa shape index (κ1) is 18.0. The molecule has 1 amide bonds. The Balaban J connectivity index is 1.46. The molecule has 1 fully saturated rings. The number of fused-ring (bicyclic) bond motifs is 2. The second-order valence-corrected chi connectivity index (χ2v) is 8.05. The van der Waals surface area contributed by atoms with Crippen molar-refractivity contribution in [2.75, 3.05) is 24.5 Å². The Kier molecular flexibility index (Phi) is 4.58. The van der Waals surface area contributed by atoms with Crippen LogP contribution in [0.2, 0.25) is 0 Å². The van der Waals surface area contributed by atoms with E-state index in [0.29, 0.717) is 0 Å². The van der Waals surface area contributed by atoms with Crippen LogP contribution >= 0.6 is 0 Å². The Morgan fingerprint density at radius 2 is 1.83 bits per heavy atom. The van der Waals surface area contributed by atoms with Crippen LogP contribution in [0.15, 0.2) is 53.5 Å². The number of nitrogens with zero attached hydrogens (tertiary/aromatic N) is 2. The predicted molar refractivity (Wildman–Crippen MR) is 116 cm³/mol. The van der Waals surface area contributed by atoms with Crippen molar-refractivity contribution in [2.24, 2.45) is 0 Å². The number of pyridine rings is 1. The molecule has 1 aromatic heterocycles. The molecule has 148 valence electrons. The molecule has 0 saturated carbocycles. The van der Waals surface area contributed by atoms with Crippen molar-refractivity contribution in [3.05, 3.63) is 75.7 Å². The van der Waals surface area contributed by atoms with Crippen LogP contribution < -0.4 is 10.5 Å².